The monoisotopic (exact) mass is 526 g/mol. The van der Waals surface area contributed by atoms with E-state index in [1.165, 1.54) is 4.90 Å². The van der Waals surface area contributed by atoms with Gasteiger partial charge in [-0.25, -0.2) is 0 Å². The van der Waals surface area contributed by atoms with Crippen molar-refractivity contribution in [2.75, 3.05) is 27.4 Å². The van der Waals surface area contributed by atoms with E-state index in [1.807, 2.05) is 37.4 Å². The summed E-state index contributed by atoms with van der Waals surface area (Å²) in [6.07, 6.45) is 2.39. The molecular weight excluding hydrogens is 496 g/mol. The van der Waals surface area contributed by atoms with Crippen LogP contribution in [-0.4, -0.2) is 54.1 Å². The Morgan fingerprint density at radius 1 is 0.949 bits per heavy atom. The number of nitrogens with zero attached hydrogens (tertiary/aromatic N) is 1. The number of aliphatic hydroxyl groups is 1. The van der Waals surface area contributed by atoms with Crippen LogP contribution in [0.15, 0.2) is 78.5 Å². The molecule has 1 fully saturated rings. The molecule has 2 heterocycles. The molecule has 39 heavy (non-hydrogen) atoms. The third kappa shape index (κ3) is 4.93. The summed E-state index contributed by atoms with van der Waals surface area (Å²) in [7, 11) is 3.17. The number of carbonyl (C=O) groups is 2. The molecule has 0 spiro atoms. The molecule has 1 atom stereocenters. The number of H-pyrrole nitrogens is 1. The molecule has 1 aliphatic heterocycles. The van der Waals surface area contributed by atoms with Crippen LogP contribution < -0.4 is 14.2 Å². The van der Waals surface area contributed by atoms with Crippen molar-refractivity contribution in [2.24, 2.45) is 0 Å². The summed E-state index contributed by atoms with van der Waals surface area (Å²) in [6, 6.07) is 19.0. The first-order chi connectivity index (χ1) is 18.9. The van der Waals surface area contributed by atoms with E-state index in [0.29, 0.717) is 35.7 Å². The highest BCUT2D eigenvalue weighted by molar-refractivity contribution is 6.46. The molecule has 0 saturated carbocycles. The van der Waals surface area contributed by atoms with Crippen molar-refractivity contribution >= 4 is 28.4 Å². The number of nitrogens with one attached hydrogen (secondary N) is 1. The van der Waals surface area contributed by atoms with Crippen molar-refractivity contribution < 1.29 is 28.9 Å². The number of carbonyl (C=O) groups excluding carboxylic acids is 2. The quantitative estimate of drug-likeness (QED) is 0.176. The lowest BCUT2D eigenvalue weighted by Gasteiger charge is -2.25. The van der Waals surface area contributed by atoms with E-state index in [0.717, 1.165) is 22.2 Å². The fraction of sp³-hybridized carbons (Fsp3) is 0.226. The number of hydrogen-bond acceptors (Lipinski definition) is 6. The summed E-state index contributed by atoms with van der Waals surface area (Å²) in [5.41, 5.74) is 3.07. The molecule has 1 amide bonds. The summed E-state index contributed by atoms with van der Waals surface area (Å²) in [5, 5.41) is 12.3. The second-order valence-electron chi connectivity index (χ2n) is 9.20. The van der Waals surface area contributed by atoms with Crippen LogP contribution in [0.3, 0.4) is 0 Å². The Kier molecular flexibility index (Phi) is 7.27. The number of Topliss-reactive ketones (excluding diaryl/α,β-unsaturated/α-hetero) is 1. The summed E-state index contributed by atoms with van der Waals surface area (Å²) in [4.78, 5) is 31.6. The van der Waals surface area contributed by atoms with Crippen LogP contribution >= 0.6 is 0 Å². The fourth-order valence-corrected chi connectivity index (χ4v) is 5.03. The normalized spacial score (nSPS) is 16.6. The number of amides is 1. The van der Waals surface area contributed by atoms with Crippen LogP contribution in [0.4, 0.5) is 0 Å². The zero-order valence-corrected chi connectivity index (χ0v) is 22.1. The highest BCUT2D eigenvalue weighted by atomic mass is 16.5. The molecule has 4 aromatic rings. The lowest BCUT2D eigenvalue weighted by atomic mass is 9.95. The van der Waals surface area contributed by atoms with Crippen molar-refractivity contribution in [3.8, 4) is 17.2 Å². The van der Waals surface area contributed by atoms with Crippen molar-refractivity contribution in [1.29, 1.82) is 0 Å². The van der Waals surface area contributed by atoms with Gasteiger partial charge in [-0.1, -0.05) is 12.1 Å². The van der Waals surface area contributed by atoms with Crippen molar-refractivity contribution in [3.05, 3.63) is 95.2 Å². The molecule has 5 rings (SSSR count). The predicted molar refractivity (Wildman–Crippen MR) is 148 cm³/mol. The van der Waals surface area contributed by atoms with Gasteiger partial charge in [-0.3, -0.25) is 9.59 Å². The Labute approximate surface area is 226 Å². The molecule has 0 radical (unpaired) electrons. The first-order valence-corrected chi connectivity index (χ1v) is 12.7. The van der Waals surface area contributed by atoms with E-state index < -0.39 is 17.7 Å². The minimum atomic E-state index is -0.786. The molecule has 200 valence electrons. The van der Waals surface area contributed by atoms with Crippen molar-refractivity contribution in [3.63, 3.8) is 0 Å². The molecule has 2 N–H and O–H groups in total. The van der Waals surface area contributed by atoms with Gasteiger partial charge in [0.05, 0.1) is 32.4 Å². The zero-order chi connectivity index (χ0) is 27.5. The minimum absolute atomic E-state index is 0.0398. The van der Waals surface area contributed by atoms with E-state index in [9.17, 15) is 14.7 Å². The van der Waals surface area contributed by atoms with Gasteiger partial charge in [0.2, 0.25) is 0 Å². The number of aromatic nitrogens is 1. The Morgan fingerprint density at radius 2 is 1.67 bits per heavy atom. The largest absolute Gasteiger partial charge is 0.507 e. The Balaban J connectivity index is 1.55. The lowest BCUT2D eigenvalue weighted by molar-refractivity contribution is -0.139. The SMILES string of the molecule is CCOc1ccc(C(O)=C2C(=O)C(=O)N(CCc3c[nH]c4ccc(OC)cc34)[C@H]2c2cccc(OC)c2)cc1. The maximum absolute atomic E-state index is 13.4. The molecule has 1 aliphatic rings. The summed E-state index contributed by atoms with van der Waals surface area (Å²) < 4.78 is 16.3. The van der Waals surface area contributed by atoms with Gasteiger partial charge < -0.3 is 29.2 Å². The Bertz CT molecular complexity index is 1550. The number of benzene rings is 3. The second-order valence-corrected chi connectivity index (χ2v) is 9.20. The average molecular weight is 527 g/mol. The molecule has 1 saturated heterocycles. The minimum Gasteiger partial charge on any atom is -0.507 e. The maximum atomic E-state index is 13.4. The van der Waals surface area contributed by atoms with E-state index in [1.54, 1.807) is 56.7 Å². The van der Waals surface area contributed by atoms with Crippen LogP contribution in [-0.2, 0) is 16.0 Å². The fourth-order valence-electron chi connectivity index (χ4n) is 5.03. The van der Waals surface area contributed by atoms with Gasteiger partial charge in [-0.05, 0) is 79.1 Å². The summed E-state index contributed by atoms with van der Waals surface area (Å²) >= 11 is 0. The van der Waals surface area contributed by atoms with Crippen molar-refractivity contribution in [2.45, 2.75) is 19.4 Å². The van der Waals surface area contributed by atoms with Crippen LogP contribution in [0.2, 0.25) is 0 Å². The molecule has 0 bridgehead atoms. The first kappa shape index (κ1) is 25.9. The zero-order valence-electron chi connectivity index (χ0n) is 22.1. The summed E-state index contributed by atoms with van der Waals surface area (Å²) in [5.74, 6) is 0.346. The van der Waals surface area contributed by atoms with Gasteiger partial charge in [0, 0.05) is 29.2 Å². The Hall–Kier alpha value is -4.72. The first-order valence-electron chi connectivity index (χ1n) is 12.7. The summed E-state index contributed by atoms with van der Waals surface area (Å²) in [6.45, 7) is 2.66. The van der Waals surface area contributed by atoms with E-state index in [-0.39, 0.29) is 17.9 Å². The van der Waals surface area contributed by atoms with Crippen LogP contribution in [0.1, 0.15) is 29.7 Å². The number of aromatic amines is 1. The molecule has 0 unspecified atom stereocenters. The molecule has 8 nitrogen and oxygen atoms in total. The number of ether oxygens (including phenoxy) is 3. The van der Waals surface area contributed by atoms with Gasteiger partial charge in [-0.2, -0.15) is 0 Å². The van der Waals surface area contributed by atoms with Crippen LogP contribution in [0.5, 0.6) is 17.2 Å². The predicted octanol–water partition coefficient (Wildman–Crippen LogP) is 5.25. The van der Waals surface area contributed by atoms with Crippen LogP contribution in [0.25, 0.3) is 16.7 Å². The third-order valence-electron chi connectivity index (χ3n) is 6.98. The number of ketones is 1. The highest BCUT2D eigenvalue weighted by Crippen LogP contribution is 2.40. The number of rotatable bonds is 9. The van der Waals surface area contributed by atoms with Gasteiger partial charge in [-0.15, -0.1) is 0 Å². The van der Waals surface area contributed by atoms with Gasteiger partial charge in [0.25, 0.3) is 11.7 Å². The number of aliphatic hydroxyl groups excluding tert-OH is 1. The number of likely N-dealkylation sites (tertiary alicyclic amines) is 1. The average Bonchev–Trinajstić information content (AvgIpc) is 3.49. The van der Waals surface area contributed by atoms with E-state index >= 15 is 0 Å². The third-order valence-corrected chi connectivity index (χ3v) is 6.98. The van der Waals surface area contributed by atoms with Gasteiger partial charge in [0.1, 0.15) is 23.0 Å². The topological polar surface area (TPSA) is 101 Å². The lowest BCUT2D eigenvalue weighted by Crippen LogP contribution is -2.31. The number of fused-ring (bicyclic) bond motifs is 1. The molecule has 3 aromatic carbocycles. The van der Waals surface area contributed by atoms with E-state index in [4.69, 9.17) is 14.2 Å². The van der Waals surface area contributed by atoms with Gasteiger partial charge >= 0.3 is 0 Å². The van der Waals surface area contributed by atoms with Crippen LogP contribution in [0, 0.1) is 0 Å². The van der Waals surface area contributed by atoms with E-state index in [2.05, 4.69) is 4.98 Å². The molecular formula is C31H30N2O6. The Morgan fingerprint density at radius 3 is 2.38 bits per heavy atom. The molecule has 8 heteroatoms. The van der Waals surface area contributed by atoms with Crippen molar-refractivity contribution in [1.82, 2.24) is 9.88 Å². The number of hydrogen-bond donors (Lipinski definition) is 2. The standard InChI is InChI=1S/C31H30N2O6/c1-4-39-22-10-8-19(9-11-22)29(34)27-28(20-6-5-7-23(16-20)37-2)33(31(36)30(27)35)15-14-21-18-32-26-13-12-24(38-3)17-25(21)26/h5-13,16-18,28,32,34H,4,14-15H2,1-3H3/t28-/m0/s1. The second kappa shape index (κ2) is 10.9. The highest BCUT2D eigenvalue weighted by Gasteiger charge is 2.46. The molecule has 1 aromatic heterocycles. The van der Waals surface area contributed by atoms with Gasteiger partial charge in [0.15, 0.2) is 0 Å². The molecule has 0 aliphatic carbocycles. The maximum Gasteiger partial charge on any atom is 0.295 e. The smallest absolute Gasteiger partial charge is 0.295 e. The number of methoxy groups -OCH3 is 2.